The van der Waals surface area contributed by atoms with Gasteiger partial charge < -0.3 is 9.47 Å². The van der Waals surface area contributed by atoms with E-state index in [4.69, 9.17) is 9.47 Å². The number of nitrogens with zero attached hydrogens (tertiary/aromatic N) is 6. The van der Waals surface area contributed by atoms with Gasteiger partial charge in [-0.25, -0.2) is 9.97 Å². The van der Waals surface area contributed by atoms with Crippen LogP contribution >= 0.6 is 46.2 Å². The highest BCUT2D eigenvalue weighted by Crippen LogP contribution is 2.33. The number of rotatable bonds is 8. The van der Waals surface area contributed by atoms with E-state index in [2.05, 4.69) is 30.3 Å². The van der Waals surface area contributed by atoms with Crippen LogP contribution in [0.1, 0.15) is 10.0 Å². The van der Waals surface area contributed by atoms with Crippen LogP contribution in [0, 0.1) is 9.81 Å². The number of carbonyl (C=O) groups is 2. The molecule has 0 bridgehead atoms. The van der Waals surface area contributed by atoms with Crippen LogP contribution in [0.3, 0.4) is 0 Å². The van der Waals surface area contributed by atoms with Gasteiger partial charge in [-0.3, -0.25) is 19.6 Å². The molecule has 4 heterocycles. The third-order valence-electron chi connectivity index (χ3n) is 5.59. The van der Waals surface area contributed by atoms with Crippen molar-refractivity contribution in [3.8, 4) is 11.5 Å². The van der Waals surface area contributed by atoms with E-state index in [1.165, 1.54) is 46.2 Å². The van der Waals surface area contributed by atoms with Gasteiger partial charge in [0.25, 0.3) is 0 Å². The predicted octanol–water partition coefficient (Wildman–Crippen LogP) is 4.63. The highest BCUT2D eigenvalue weighted by molar-refractivity contribution is 8.15. The molecule has 39 heavy (non-hydrogen) atoms. The van der Waals surface area contributed by atoms with Crippen LogP contribution in [-0.4, -0.2) is 62.3 Å². The molecular formula is C23H14N6O6S4. The van der Waals surface area contributed by atoms with Gasteiger partial charge in [-0.15, -0.1) is 56.0 Å². The number of hydrogen-bond acceptors (Lipinski definition) is 14. The summed E-state index contributed by atoms with van der Waals surface area (Å²) in [5.41, 5.74) is 1.54. The van der Waals surface area contributed by atoms with E-state index in [-0.39, 0.29) is 6.79 Å². The van der Waals surface area contributed by atoms with E-state index in [0.717, 1.165) is 20.4 Å². The summed E-state index contributed by atoms with van der Waals surface area (Å²) in [5.74, 6) is 0.415. The lowest BCUT2D eigenvalue weighted by Crippen LogP contribution is -2.15. The number of benzene rings is 2. The van der Waals surface area contributed by atoms with E-state index in [9.17, 15) is 19.4 Å². The summed E-state index contributed by atoms with van der Waals surface area (Å²) in [6.07, 6.45) is 0. The minimum atomic E-state index is -0.772. The number of thiazole rings is 2. The zero-order valence-electron chi connectivity index (χ0n) is 19.5. The summed E-state index contributed by atoms with van der Waals surface area (Å²) in [6, 6.07) is 9.45. The molecule has 2 aromatic carbocycles. The number of nitroso groups, excluding NO2 is 2. The van der Waals surface area contributed by atoms with Crippen molar-refractivity contribution in [3.63, 3.8) is 0 Å². The van der Waals surface area contributed by atoms with E-state index in [0.29, 0.717) is 43.1 Å². The Kier molecular flexibility index (Phi) is 7.16. The molecule has 2 aliphatic heterocycles. The Bertz CT molecular complexity index is 1590. The van der Waals surface area contributed by atoms with E-state index >= 15 is 0 Å². The maximum absolute atomic E-state index is 11.5. The Morgan fingerprint density at radius 3 is 1.67 bits per heavy atom. The zero-order valence-corrected chi connectivity index (χ0v) is 22.8. The molecule has 2 aromatic heterocycles. The summed E-state index contributed by atoms with van der Waals surface area (Å²) in [6.45, 7) is -0.0234. The summed E-state index contributed by atoms with van der Waals surface area (Å²) >= 11 is 5.59. The van der Waals surface area contributed by atoms with Gasteiger partial charge in [-0.05, 0) is 36.4 Å². The molecule has 0 fully saturated rings. The van der Waals surface area contributed by atoms with Crippen molar-refractivity contribution in [1.82, 2.24) is 9.97 Å². The Balaban J connectivity index is 1.10. The molecule has 2 aliphatic rings. The van der Waals surface area contributed by atoms with Crippen LogP contribution in [0.4, 0.5) is 0 Å². The van der Waals surface area contributed by atoms with Gasteiger partial charge >= 0.3 is 11.8 Å². The summed E-state index contributed by atoms with van der Waals surface area (Å²) in [4.78, 5) is 61.7. The van der Waals surface area contributed by atoms with Crippen molar-refractivity contribution in [2.75, 3.05) is 18.3 Å². The normalized spacial score (nSPS) is 18.7. The monoisotopic (exact) mass is 598 g/mol. The first kappa shape index (κ1) is 25.7. The number of ether oxygens (including phenoxy) is 2. The van der Waals surface area contributed by atoms with Crippen LogP contribution in [0.25, 0.3) is 20.4 Å². The number of hydrogen-bond donors (Lipinski definition) is 0. The topological polar surface area (TPSA) is 162 Å². The van der Waals surface area contributed by atoms with Gasteiger partial charge in [0.05, 0.1) is 20.4 Å². The number of aliphatic imine (C=N–C) groups is 2. The van der Waals surface area contributed by atoms with Gasteiger partial charge in [0.2, 0.25) is 6.79 Å². The molecule has 0 saturated heterocycles. The van der Waals surface area contributed by atoms with Gasteiger partial charge in [-0.1, -0.05) is 0 Å². The number of fused-ring (bicyclic) bond motifs is 2. The molecule has 2 amide bonds. The first-order valence-corrected chi connectivity index (χ1v) is 14.8. The Hall–Kier alpha value is -3.60. The van der Waals surface area contributed by atoms with Gasteiger partial charge in [0.1, 0.15) is 43.7 Å². The maximum atomic E-state index is 11.5. The van der Waals surface area contributed by atoms with Crippen LogP contribution < -0.4 is 9.47 Å². The highest BCUT2D eigenvalue weighted by atomic mass is 32.2. The predicted molar refractivity (Wildman–Crippen MR) is 153 cm³/mol. The molecular weight excluding hydrogens is 585 g/mol. The molecule has 16 heteroatoms. The largest absolute Gasteiger partial charge is 0.457 e. The van der Waals surface area contributed by atoms with Crippen LogP contribution in [0.5, 0.6) is 11.5 Å². The summed E-state index contributed by atoms with van der Waals surface area (Å²) < 4.78 is 13.3. The number of amides is 2. The molecule has 12 nitrogen and oxygen atoms in total. The molecule has 2 atom stereocenters. The van der Waals surface area contributed by atoms with Crippen molar-refractivity contribution in [3.05, 3.63) is 56.2 Å². The van der Waals surface area contributed by atoms with Gasteiger partial charge in [-0.2, -0.15) is 0 Å². The number of carbonyl (C=O) groups excluding carboxylic acids is 2. The van der Waals surface area contributed by atoms with Crippen molar-refractivity contribution < 1.29 is 19.1 Å². The second kappa shape index (κ2) is 10.9. The van der Waals surface area contributed by atoms with Crippen molar-refractivity contribution in [1.29, 1.82) is 0 Å². The Morgan fingerprint density at radius 2 is 1.23 bits per heavy atom. The summed E-state index contributed by atoms with van der Waals surface area (Å²) in [7, 11) is 0. The SMILES string of the molecule is O=NC(=O)C1CSC(c2nc3ccc(OCOc4ccc5nc(C6=NC(C(=O)N=O)CS6)sc5c4)cc3s2)=N1. The zero-order chi connectivity index (χ0) is 26.9. The lowest BCUT2D eigenvalue weighted by molar-refractivity contribution is -0.119. The molecule has 6 rings (SSSR count). The third-order valence-corrected chi connectivity index (χ3v) is 10.0. The van der Waals surface area contributed by atoms with Crippen molar-refractivity contribution >= 4 is 88.5 Å². The van der Waals surface area contributed by atoms with E-state index in [1.54, 1.807) is 12.1 Å². The lowest BCUT2D eigenvalue weighted by atomic mass is 10.3. The quantitative estimate of drug-likeness (QED) is 0.206. The smallest absolute Gasteiger partial charge is 0.311 e. The second-order valence-corrected chi connectivity index (χ2v) is 12.2. The van der Waals surface area contributed by atoms with E-state index < -0.39 is 23.9 Å². The molecule has 0 saturated carbocycles. The average Bonchev–Trinajstić information content (AvgIpc) is 3.76. The van der Waals surface area contributed by atoms with Crippen LogP contribution in [0.15, 0.2) is 56.7 Å². The first-order chi connectivity index (χ1) is 19.0. The van der Waals surface area contributed by atoms with Crippen molar-refractivity contribution in [2.24, 2.45) is 20.3 Å². The minimum Gasteiger partial charge on any atom is -0.457 e. The lowest BCUT2D eigenvalue weighted by Gasteiger charge is -2.08. The molecule has 0 radical (unpaired) electrons. The highest BCUT2D eigenvalue weighted by Gasteiger charge is 2.29. The van der Waals surface area contributed by atoms with Gasteiger partial charge in [0.15, 0.2) is 0 Å². The first-order valence-electron chi connectivity index (χ1n) is 11.2. The molecule has 2 unspecified atom stereocenters. The van der Waals surface area contributed by atoms with Gasteiger partial charge in [0, 0.05) is 21.9 Å². The molecule has 0 aliphatic carbocycles. The fraction of sp³-hybridized carbons (Fsp3) is 0.217. The van der Waals surface area contributed by atoms with Crippen molar-refractivity contribution in [2.45, 2.75) is 12.1 Å². The number of aromatic nitrogens is 2. The van der Waals surface area contributed by atoms with Crippen LogP contribution in [0.2, 0.25) is 0 Å². The Morgan fingerprint density at radius 1 is 0.769 bits per heavy atom. The molecule has 4 aromatic rings. The van der Waals surface area contributed by atoms with Crippen LogP contribution in [-0.2, 0) is 9.59 Å². The molecule has 0 spiro atoms. The fourth-order valence-corrected chi connectivity index (χ4v) is 7.88. The fourth-order valence-electron chi connectivity index (χ4n) is 3.69. The average molecular weight is 599 g/mol. The number of thioether (sulfide) groups is 2. The molecule has 0 N–H and O–H groups in total. The minimum absolute atomic E-state index is 0.0234. The molecule has 196 valence electrons. The third kappa shape index (κ3) is 5.32. The Labute approximate surface area is 235 Å². The second-order valence-electron chi connectivity index (χ2n) is 8.08. The van der Waals surface area contributed by atoms with E-state index in [1.807, 2.05) is 24.3 Å². The standard InChI is InChI=1S/C23H14N6O6S4/c30-18(28-32)14-7-36-20(26-14)22-24-12-3-1-10(5-16(12)38-22)34-9-35-11-2-4-13-17(6-11)39-23(25-13)21-27-15(8-37-21)19(31)29-33/h1-6,14-15H,7-9H2. The summed E-state index contributed by atoms with van der Waals surface area (Å²) in [5, 5.41) is 7.51. The maximum Gasteiger partial charge on any atom is 0.311 e.